The van der Waals surface area contributed by atoms with Crippen molar-refractivity contribution in [2.45, 2.75) is 0 Å². The van der Waals surface area contributed by atoms with Crippen LogP contribution < -0.4 is 47.7 Å². The highest BCUT2D eigenvalue weighted by Gasteiger charge is 2.40. The van der Waals surface area contributed by atoms with Crippen molar-refractivity contribution in [1.29, 1.82) is 0 Å². The zero-order valence-corrected chi connectivity index (χ0v) is 38.2. The lowest BCUT2D eigenvalue weighted by Crippen LogP contribution is -2.30. The van der Waals surface area contributed by atoms with Crippen molar-refractivity contribution in [2.75, 3.05) is 13.3 Å². The lowest BCUT2D eigenvalue weighted by Gasteiger charge is -2.26. The van der Waals surface area contributed by atoms with Crippen LogP contribution >= 0.6 is 21.4 Å². The first-order valence-electron chi connectivity index (χ1n) is 20.4. The summed E-state index contributed by atoms with van der Waals surface area (Å²) in [5.74, 6) is 0. The van der Waals surface area contributed by atoms with E-state index in [1.807, 2.05) is 0 Å². The molecule has 3 heteroatoms. The van der Waals surface area contributed by atoms with Gasteiger partial charge in [-0.2, -0.15) is 0 Å². The smallest absolute Gasteiger partial charge is 0.109 e. The van der Waals surface area contributed by atoms with Gasteiger partial charge in [0.1, 0.15) is 46.4 Å². The van der Waals surface area contributed by atoms with Crippen molar-refractivity contribution in [2.24, 2.45) is 0 Å². The molecule has 302 valence electrons. The Morgan fingerprint density at radius 3 is 0.525 bits per heavy atom. The van der Waals surface area contributed by atoms with E-state index < -0.39 is 21.4 Å². The van der Waals surface area contributed by atoms with Crippen LogP contribution in [0.4, 0.5) is 0 Å². The molecule has 61 heavy (non-hydrogen) atoms. The Labute approximate surface area is 367 Å². The second-order valence-electron chi connectivity index (χ2n) is 14.8. The lowest BCUT2D eigenvalue weighted by atomic mass is 10.4. The SMILES string of the molecule is C=P(c1ccccc1)(c1ccccc1)c1ccccc1.C[P+](c1ccccc1)(c1ccccc1)c1ccccc1.C[P+](c1ccccc1)(c1ccccc1)c1ccccc1.[CH3-]. The maximum atomic E-state index is 4.69. The van der Waals surface area contributed by atoms with Gasteiger partial charge in [0.2, 0.25) is 0 Å². The van der Waals surface area contributed by atoms with Crippen LogP contribution in [-0.4, -0.2) is 19.6 Å². The quantitative estimate of drug-likeness (QED) is 0.100. The van der Waals surface area contributed by atoms with E-state index >= 15 is 0 Å². The first kappa shape index (κ1) is 44.7. The van der Waals surface area contributed by atoms with Crippen LogP contribution in [-0.2, 0) is 0 Å². The first-order valence-corrected chi connectivity index (χ1v) is 26.9. The molecule has 0 atom stereocenters. The highest BCUT2D eigenvalue weighted by molar-refractivity contribution is 7.95. The van der Waals surface area contributed by atoms with E-state index in [0.717, 1.165) is 0 Å². The van der Waals surface area contributed by atoms with E-state index in [1.165, 1.54) is 47.7 Å². The first-order chi connectivity index (χ1) is 29.4. The summed E-state index contributed by atoms with van der Waals surface area (Å²) in [5.41, 5.74) is 0. The van der Waals surface area contributed by atoms with E-state index in [2.05, 4.69) is 286 Å². The Kier molecular flexibility index (Phi) is 15.8. The van der Waals surface area contributed by atoms with Crippen molar-refractivity contribution in [3.63, 3.8) is 0 Å². The summed E-state index contributed by atoms with van der Waals surface area (Å²) < 4.78 is 0. The Morgan fingerprint density at radius 1 is 0.246 bits per heavy atom. The van der Waals surface area contributed by atoms with Crippen molar-refractivity contribution in [3.8, 4) is 0 Å². The zero-order valence-electron chi connectivity index (χ0n) is 35.5. The van der Waals surface area contributed by atoms with Crippen LogP contribution in [0.5, 0.6) is 0 Å². The van der Waals surface area contributed by atoms with Crippen molar-refractivity contribution in [1.82, 2.24) is 0 Å². The molecule has 0 amide bonds. The van der Waals surface area contributed by atoms with Gasteiger partial charge in [-0.3, -0.25) is 0 Å². The van der Waals surface area contributed by atoms with Crippen molar-refractivity contribution < 1.29 is 0 Å². The molecule has 0 nitrogen and oxygen atoms in total. The van der Waals surface area contributed by atoms with Crippen LogP contribution in [0.2, 0.25) is 0 Å². The minimum absolute atomic E-state index is 0. The fourth-order valence-corrected chi connectivity index (χ4v) is 17.1. The monoisotopic (exact) mass is 845 g/mol. The molecule has 9 aromatic carbocycles. The summed E-state index contributed by atoms with van der Waals surface area (Å²) in [7, 11) is -3.05. The van der Waals surface area contributed by atoms with Crippen molar-refractivity contribution >= 4 is 75.5 Å². The second kappa shape index (κ2) is 21.6. The fourth-order valence-electron chi connectivity index (χ4n) is 7.75. The molecule has 0 N–H and O–H groups in total. The Balaban J connectivity index is 0.000000152. The maximum absolute atomic E-state index is 4.69. The molecular weight excluding hydrogens is 790 g/mol. The van der Waals surface area contributed by atoms with Gasteiger partial charge in [-0.05, 0) is 95.6 Å². The van der Waals surface area contributed by atoms with E-state index in [1.54, 1.807) is 0 Å². The third-order valence-corrected chi connectivity index (χ3v) is 22.8. The van der Waals surface area contributed by atoms with Crippen LogP contribution in [0, 0.1) is 7.43 Å². The Bertz CT molecular complexity index is 2220. The van der Waals surface area contributed by atoms with Crippen LogP contribution in [0.25, 0.3) is 0 Å². The average Bonchev–Trinajstić information content (AvgIpc) is 3.36. The molecule has 0 aliphatic rings. The van der Waals surface area contributed by atoms with Gasteiger partial charge in [0.25, 0.3) is 0 Å². The van der Waals surface area contributed by atoms with Gasteiger partial charge in [-0.1, -0.05) is 206 Å². The molecule has 0 spiro atoms. The highest BCUT2D eigenvalue weighted by Crippen LogP contribution is 2.52. The number of hydrogen-bond donors (Lipinski definition) is 0. The van der Waals surface area contributed by atoms with Crippen LogP contribution in [0.15, 0.2) is 273 Å². The van der Waals surface area contributed by atoms with Gasteiger partial charge < -0.3 is 7.43 Å². The number of rotatable bonds is 9. The summed E-state index contributed by atoms with van der Waals surface area (Å²) in [6.07, 6.45) is 4.69. The predicted octanol–water partition coefficient (Wildman–Crippen LogP) is 11.1. The average molecular weight is 846 g/mol. The molecule has 0 heterocycles. The predicted molar refractivity (Wildman–Crippen MR) is 281 cm³/mol. The number of benzene rings is 9. The molecule has 0 unspecified atom stereocenters. The van der Waals surface area contributed by atoms with Crippen LogP contribution in [0.3, 0.4) is 0 Å². The normalized spacial score (nSPS) is 11.0. The summed E-state index contributed by atoms with van der Waals surface area (Å²) in [6, 6.07) is 97.2. The van der Waals surface area contributed by atoms with Gasteiger partial charge in [0, 0.05) is 0 Å². The van der Waals surface area contributed by atoms with Gasteiger partial charge in [-0.25, -0.2) is 0 Å². The fraction of sp³-hybridized carbons (Fsp3) is 0.0345. The third kappa shape index (κ3) is 10.2. The Hall–Kier alpha value is -5.86. The molecule has 0 aromatic heterocycles. The van der Waals surface area contributed by atoms with Gasteiger partial charge in [0.15, 0.2) is 0 Å². The third-order valence-electron chi connectivity index (χ3n) is 11.2. The highest BCUT2D eigenvalue weighted by atomic mass is 31.2. The van der Waals surface area contributed by atoms with Crippen LogP contribution in [0.1, 0.15) is 0 Å². The molecular formula is C58H56P3+. The molecule has 0 saturated heterocycles. The van der Waals surface area contributed by atoms with E-state index in [9.17, 15) is 0 Å². The van der Waals surface area contributed by atoms with E-state index in [0.29, 0.717) is 0 Å². The molecule has 0 aliphatic heterocycles. The minimum atomic E-state index is -1.78. The lowest BCUT2D eigenvalue weighted by molar-refractivity contribution is 1.72. The summed E-state index contributed by atoms with van der Waals surface area (Å²) in [4.78, 5) is 0. The van der Waals surface area contributed by atoms with Gasteiger partial charge in [0.05, 0.1) is 13.3 Å². The molecule has 0 bridgehead atoms. The second-order valence-corrected chi connectivity index (χ2v) is 25.1. The Morgan fingerprint density at radius 2 is 0.377 bits per heavy atom. The van der Waals surface area contributed by atoms with Crippen molar-refractivity contribution in [3.05, 3.63) is 280 Å². The molecule has 0 aliphatic carbocycles. The minimum Gasteiger partial charge on any atom is -0.358 e. The summed E-state index contributed by atoms with van der Waals surface area (Å²) in [5, 5.41) is 12.5. The molecule has 0 radical (unpaired) electrons. The molecule has 0 fully saturated rings. The van der Waals surface area contributed by atoms with E-state index in [4.69, 9.17) is 6.30 Å². The van der Waals surface area contributed by atoms with E-state index in [-0.39, 0.29) is 7.43 Å². The largest absolute Gasteiger partial charge is 0.358 e. The zero-order chi connectivity index (χ0) is 41.5. The standard InChI is InChI=1S/2C19H18P.C19H17P.CH3/c3*1-20(17-11-5-2-6-12-17,18-13-7-3-8-14-18)19-15-9-4-10-16-19;/h2*2-16H,1H3;2-16H,1H2;1H3/q2*+1;;-1. The summed E-state index contributed by atoms with van der Waals surface area (Å²) in [6.45, 7) is 3.04. The molecule has 0 saturated carbocycles. The number of hydrogen-bond acceptors (Lipinski definition) is 0. The van der Waals surface area contributed by atoms with Gasteiger partial charge in [-0.15, -0.1) is 0 Å². The van der Waals surface area contributed by atoms with Gasteiger partial charge >= 0.3 is 0 Å². The molecule has 9 aromatic rings. The maximum Gasteiger partial charge on any atom is 0.109 e. The molecule has 9 rings (SSSR count). The topological polar surface area (TPSA) is 0 Å². The summed E-state index contributed by atoms with van der Waals surface area (Å²) >= 11 is 0.